The molecule has 86 valence electrons. The predicted molar refractivity (Wildman–Crippen MR) is 70.6 cm³/mol. The topological polar surface area (TPSA) is 17.0 Å². The number of nitrogens with zero attached hydrogens (tertiary/aromatic N) is 1. The summed E-state index contributed by atoms with van der Waals surface area (Å²) >= 11 is 0. The van der Waals surface area contributed by atoms with Crippen molar-refractivity contribution in [1.82, 2.24) is 9.88 Å². The van der Waals surface area contributed by atoms with Crippen molar-refractivity contribution in [3.63, 3.8) is 0 Å². The van der Waals surface area contributed by atoms with E-state index in [1.165, 1.54) is 29.4 Å². The molecule has 1 N–H and O–H groups in total. The van der Waals surface area contributed by atoms with Gasteiger partial charge in [0.05, 0.1) is 6.54 Å². The maximum Gasteiger partial charge on any atom is 0.0838 e. The van der Waals surface area contributed by atoms with E-state index in [0.29, 0.717) is 6.54 Å². The fourth-order valence-corrected chi connectivity index (χ4v) is 2.23. The summed E-state index contributed by atoms with van der Waals surface area (Å²) in [5.74, 6) is 2.74. The van der Waals surface area contributed by atoms with Crippen LogP contribution in [0.15, 0.2) is 30.3 Å². The molecule has 1 heterocycles. The summed E-state index contributed by atoms with van der Waals surface area (Å²) in [6, 6.07) is 11.4. The van der Waals surface area contributed by atoms with Crippen LogP contribution in [0.2, 0.25) is 0 Å². The van der Waals surface area contributed by atoms with E-state index in [1.54, 1.807) is 0 Å². The molecule has 1 saturated carbocycles. The van der Waals surface area contributed by atoms with Crippen LogP contribution in [0.1, 0.15) is 18.5 Å². The lowest BCUT2D eigenvalue weighted by molar-refractivity contribution is 0.647. The van der Waals surface area contributed by atoms with E-state index in [0.717, 1.165) is 12.6 Å². The molecular formula is C15H16N2. The minimum absolute atomic E-state index is 0.648. The van der Waals surface area contributed by atoms with Crippen LogP contribution in [0, 0.1) is 12.3 Å². The molecule has 0 amide bonds. The van der Waals surface area contributed by atoms with Gasteiger partial charge in [-0.2, -0.15) is 0 Å². The molecule has 1 aliphatic carbocycles. The summed E-state index contributed by atoms with van der Waals surface area (Å²) in [6.07, 6.45) is 8.09. The predicted octanol–water partition coefficient (Wildman–Crippen LogP) is 2.53. The van der Waals surface area contributed by atoms with E-state index >= 15 is 0 Å². The van der Waals surface area contributed by atoms with E-state index in [2.05, 4.69) is 46.1 Å². The van der Waals surface area contributed by atoms with Crippen LogP contribution in [0.3, 0.4) is 0 Å². The third kappa shape index (κ3) is 2.07. The van der Waals surface area contributed by atoms with Crippen LogP contribution in [0.25, 0.3) is 10.9 Å². The number of fused-ring (bicyclic) bond motifs is 1. The molecule has 17 heavy (non-hydrogen) atoms. The molecular weight excluding hydrogens is 208 g/mol. The summed E-state index contributed by atoms with van der Waals surface area (Å²) in [7, 11) is 0. The number of terminal acetylenes is 1. The zero-order chi connectivity index (χ0) is 11.7. The molecule has 0 radical (unpaired) electrons. The van der Waals surface area contributed by atoms with Crippen molar-refractivity contribution in [3.05, 3.63) is 36.0 Å². The number of hydrogen-bond donors (Lipinski definition) is 1. The van der Waals surface area contributed by atoms with E-state index in [9.17, 15) is 0 Å². The highest BCUT2D eigenvalue weighted by Gasteiger charge is 2.20. The van der Waals surface area contributed by atoms with Crippen LogP contribution in [0.5, 0.6) is 0 Å². The monoisotopic (exact) mass is 224 g/mol. The van der Waals surface area contributed by atoms with Crippen molar-refractivity contribution >= 4 is 10.9 Å². The summed E-state index contributed by atoms with van der Waals surface area (Å²) in [5.41, 5.74) is 2.52. The maximum atomic E-state index is 5.46. The van der Waals surface area contributed by atoms with Crippen molar-refractivity contribution in [2.75, 3.05) is 0 Å². The standard InChI is InChI=1S/C15H16N2/c1-2-9-17-14(11-16-13-7-8-13)10-12-5-3-4-6-15(12)17/h1,3-6,10,13,16H,7-9,11H2. The van der Waals surface area contributed by atoms with Gasteiger partial charge in [-0.05, 0) is 30.4 Å². The molecule has 1 aliphatic rings. The van der Waals surface area contributed by atoms with Gasteiger partial charge in [0.1, 0.15) is 0 Å². The summed E-state index contributed by atoms with van der Waals surface area (Å²) in [6.45, 7) is 1.57. The van der Waals surface area contributed by atoms with Gasteiger partial charge in [0, 0.05) is 23.8 Å². The molecule has 2 nitrogen and oxygen atoms in total. The number of nitrogens with one attached hydrogen (secondary N) is 1. The first-order chi connectivity index (χ1) is 8.38. The molecule has 0 saturated heterocycles. The highest BCUT2D eigenvalue weighted by atomic mass is 15.0. The van der Waals surface area contributed by atoms with Crippen molar-refractivity contribution in [1.29, 1.82) is 0 Å². The Morgan fingerprint density at radius 3 is 2.94 bits per heavy atom. The first-order valence-corrected chi connectivity index (χ1v) is 6.12. The molecule has 2 heteroatoms. The van der Waals surface area contributed by atoms with Crippen molar-refractivity contribution in [2.45, 2.75) is 32.0 Å². The SMILES string of the molecule is C#CCn1c(CNC2CC2)cc2ccccc21. The van der Waals surface area contributed by atoms with Gasteiger partial charge in [-0.1, -0.05) is 24.1 Å². The quantitative estimate of drug-likeness (QED) is 0.790. The van der Waals surface area contributed by atoms with Gasteiger partial charge in [-0.3, -0.25) is 0 Å². The average molecular weight is 224 g/mol. The zero-order valence-corrected chi connectivity index (χ0v) is 9.82. The van der Waals surface area contributed by atoms with Crippen LogP contribution in [-0.2, 0) is 13.1 Å². The lowest BCUT2D eigenvalue weighted by atomic mass is 10.2. The summed E-state index contributed by atoms with van der Waals surface area (Å²) < 4.78 is 2.23. The molecule has 1 aromatic carbocycles. The highest BCUT2D eigenvalue weighted by Crippen LogP contribution is 2.22. The summed E-state index contributed by atoms with van der Waals surface area (Å²) in [4.78, 5) is 0. The number of hydrogen-bond acceptors (Lipinski definition) is 1. The highest BCUT2D eigenvalue weighted by molar-refractivity contribution is 5.81. The molecule has 1 fully saturated rings. The number of para-hydroxylation sites is 1. The first kappa shape index (κ1) is 10.4. The van der Waals surface area contributed by atoms with Gasteiger partial charge in [-0.15, -0.1) is 6.42 Å². The lowest BCUT2D eigenvalue weighted by Gasteiger charge is -2.07. The van der Waals surface area contributed by atoms with Gasteiger partial charge >= 0.3 is 0 Å². The number of rotatable bonds is 4. The third-order valence-corrected chi connectivity index (χ3v) is 3.29. The first-order valence-electron chi connectivity index (χ1n) is 6.12. The van der Waals surface area contributed by atoms with Crippen molar-refractivity contribution in [2.24, 2.45) is 0 Å². The number of aromatic nitrogens is 1. The molecule has 0 atom stereocenters. The average Bonchev–Trinajstić information content (AvgIpc) is 3.11. The van der Waals surface area contributed by atoms with Gasteiger partial charge in [0.15, 0.2) is 0 Å². The molecule has 1 aromatic heterocycles. The molecule has 2 aromatic rings. The van der Waals surface area contributed by atoms with E-state index in [1.807, 2.05) is 0 Å². The van der Waals surface area contributed by atoms with Crippen molar-refractivity contribution in [3.8, 4) is 12.3 Å². The Morgan fingerprint density at radius 2 is 2.18 bits per heavy atom. The van der Waals surface area contributed by atoms with Crippen LogP contribution in [-0.4, -0.2) is 10.6 Å². The normalized spacial score (nSPS) is 15.0. The molecule has 0 bridgehead atoms. The lowest BCUT2D eigenvalue weighted by Crippen LogP contribution is -2.18. The Morgan fingerprint density at radius 1 is 1.35 bits per heavy atom. The fourth-order valence-electron chi connectivity index (χ4n) is 2.23. The van der Waals surface area contributed by atoms with Crippen molar-refractivity contribution < 1.29 is 0 Å². The Labute approximate surface area is 102 Å². The van der Waals surface area contributed by atoms with Gasteiger partial charge < -0.3 is 9.88 Å². The molecule has 0 aliphatic heterocycles. The minimum atomic E-state index is 0.648. The molecule has 3 rings (SSSR count). The molecule has 0 unspecified atom stereocenters. The van der Waals surface area contributed by atoms with E-state index < -0.39 is 0 Å². The maximum absolute atomic E-state index is 5.46. The van der Waals surface area contributed by atoms with E-state index in [-0.39, 0.29) is 0 Å². The minimum Gasteiger partial charge on any atom is -0.332 e. The van der Waals surface area contributed by atoms with Crippen LogP contribution >= 0.6 is 0 Å². The van der Waals surface area contributed by atoms with Gasteiger partial charge in [0.25, 0.3) is 0 Å². The Kier molecular flexibility index (Phi) is 2.62. The Bertz CT molecular complexity index is 570. The van der Waals surface area contributed by atoms with E-state index in [4.69, 9.17) is 6.42 Å². The van der Waals surface area contributed by atoms with Gasteiger partial charge in [0.2, 0.25) is 0 Å². The fraction of sp³-hybridized carbons (Fsp3) is 0.333. The smallest absolute Gasteiger partial charge is 0.0838 e. The Hall–Kier alpha value is -1.72. The Balaban J connectivity index is 1.96. The zero-order valence-electron chi connectivity index (χ0n) is 9.82. The largest absolute Gasteiger partial charge is 0.332 e. The van der Waals surface area contributed by atoms with Crippen LogP contribution < -0.4 is 5.32 Å². The molecule has 0 spiro atoms. The second-order valence-electron chi connectivity index (χ2n) is 4.64. The third-order valence-electron chi connectivity index (χ3n) is 3.29. The second-order valence-corrected chi connectivity index (χ2v) is 4.64. The summed E-state index contributed by atoms with van der Waals surface area (Å²) in [5, 5.41) is 4.82. The van der Waals surface area contributed by atoms with Gasteiger partial charge in [-0.25, -0.2) is 0 Å². The van der Waals surface area contributed by atoms with Crippen LogP contribution in [0.4, 0.5) is 0 Å². The second kappa shape index (κ2) is 4.27. The number of benzene rings is 1.